The molecule has 0 aromatic rings. The zero-order valence-electron chi connectivity index (χ0n) is 11.4. The molecule has 0 aliphatic heterocycles. The fourth-order valence-electron chi connectivity index (χ4n) is 1.65. The van der Waals surface area contributed by atoms with Crippen molar-refractivity contribution in [3.05, 3.63) is 0 Å². The third kappa shape index (κ3) is 6.13. The summed E-state index contributed by atoms with van der Waals surface area (Å²) in [5.41, 5.74) is 0. The summed E-state index contributed by atoms with van der Waals surface area (Å²) >= 11 is 0. The lowest BCUT2D eigenvalue weighted by Gasteiger charge is -2.34. The summed E-state index contributed by atoms with van der Waals surface area (Å²) < 4.78 is 91.0. The largest absolute Gasteiger partial charge is 0.480 e. The van der Waals surface area contributed by atoms with E-state index in [1.807, 2.05) is 0 Å². The highest BCUT2D eigenvalue weighted by Crippen LogP contribution is 2.62. The van der Waals surface area contributed by atoms with E-state index in [9.17, 15) is 40.6 Å². The molecule has 12 heteroatoms. The minimum absolute atomic E-state index is 0.0677. The number of hydrogen-bond acceptors (Lipinski definition) is 3. The maximum absolute atomic E-state index is 12.5. The molecule has 0 heterocycles. The van der Waals surface area contributed by atoms with E-state index in [0.29, 0.717) is 6.42 Å². The van der Waals surface area contributed by atoms with Gasteiger partial charge in [0, 0.05) is 0 Å². The third-order valence-electron chi connectivity index (χ3n) is 2.69. The maximum Gasteiger partial charge on any atom is 0.390 e. The average Bonchev–Trinajstić information content (AvgIpc) is 2.23. The number of carboxylic acids is 1. The van der Waals surface area contributed by atoms with Gasteiger partial charge >= 0.3 is 25.9 Å². The fourth-order valence-corrected chi connectivity index (χ4v) is 3.28. The highest BCUT2D eigenvalue weighted by molar-refractivity contribution is 7.55. The van der Waals surface area contributed by atoms with E-state index in [0.717, 1.165) is 0 Å². The van der Waals surface area contributed by atoms with Gasteiger partial charge in [0.15, 0.2) is 5.16 Å². The lowest BCUT2D eigenvalue weighted by Crippen LogP contribution is -2.46. The van der Waals surface area contributed by atoms with Crippen molar-refractivity contribution in [2.24, 2.45) is 0 Å². The Morgan fingerprint density at radius 1 is 1.09 bits per heavy atom. The quantitative estimate of drug-likeness (QED) is 0.392. The summed E-state index contributed by atoms with van der Waals surface area (Å²) in [6.07, 6.45) is -15.6. The number of carboxylic acid groups (broad SMARTS) is 1. The first-order valence-electron chi connectivity index (χ1n) is 6.01. The summed E-state index contributed by atoms with van der Waals surface area (Å²) in [6, 6.07) is 0. The van der Waals surface area contributed by atoms with Crippen LogP contribution in [-0.4, -0.2) is 40.1 Å². The van der Waals surface area contributed by atoms with Gasteiger partial charge in [0.05, 0.1) is 19.4 Å². The van der Waals surface area contributed by atoms with Crippen LogP contribution in [-0.2, 0) is 13.9 Å². The zero-order chi connectivity index (χ0) is 17.8. The first-order chi connectivity index (χ1) is 9.67. The van der Waals surface area contributed by atoms with Crippen LogP contribution in [0.5, 0.6) is 0 Å². The lowest BCUT2D eigenvalue weighted by molar-refractivity contribution is -0.183. The average molecular weight is 360 g/mol. The van der Waals surface area contributed by atoms with Crippen LogP contribution < -0.4 is 0 Å². The van der Waals surface area contributed by atoms with Crippen LogP contribution in [0.25, 0.3) is 0 Å². The molecule has 0 aliphatic carbocycles. The number of unbranched alkanes of at least 4 members (excludes halogenated alkanes) is 1. The highest BCUT2D eigenvalue weighted by Gasteiger charge is 2.64. The van der Waals surface area contributed by atoms with Crippen molar-refractivity contribution in [3.8, 4) is 0 Å². The molecule has 5 nitrogen and oxygen atoms in total. The van der Waals surface area contributed by atoms with Crippen molar-refractivity contribution in [1.82, 2.24) is 0 Å². The standard InChI is InChI=1S/C10H15F6O5P/c1-2-3-4-21-22(19,20)8(7(17)18,5-9(11,12)13)6-10(14,15)16/h2-6H2,1H3,(H,17,18)(H,19,20). The van der Waals surface area contributed by atoms with Crippen molar-refractivity contribution in [3.63, 3.8) is 0 Å². The first-order valence-corrected chi connectivity index (χ1v) is 7.59. The molecule has 0 saturated carbocycles. The van der Waals surface area contributed by atoms with Crippen LogP contribution in [0, 0.1) is 0 Å². The van der Waals surface area contributed by atoms with Gasteiger partial charge in [0.2, 0.25) is 0 Å². The monoisotopic (exact) mass is 360 g/mol. The molecule has 0 aromatic heterocycles. The number of aliphatic carboxylic acids is 1. The Kier molecular flexibility index (Phi) is 6.92. The first kappa shape index (κ1) is 21.2. The fraction of sp³-hybridized carbons (Fsp3) is 0.900. The molecule has 0 bridgehead atoms. The number of halogens is 6. The Labute approximate surface area is 121 Å². The van der Waals surface area contributed by atoms with E-state index >= 15 is 0 Å². The van der Waals surface area contributed by atoms with Gasteiger partial charge in [-0.25, -0.2) is 0 Å². The minimum Gasteiger partial charge on any atom is -0.480 e. The molecule has 1 unspecified atom stereocenters. The SMILES string of the molecule is CCCCOP(=O)(O)C(CC(F)(F)F)(CC(F)(F)F)C(=O)O. The summed E-state index contributed by atoms with van der Waals surface area (Å²) in [5.74, 6) is -2.69. The lowest BCUT2D eigenvalue weighted by atomic mass is 9.99. The summed E-state index contributed by atoms with van der Waals surface area (Å²) in [6.45, 7) is 0.955. The Balaban J connectivity index is 5.81. The van der Waals surface area contributed by atoms with Crippen molar-refractivity contribution in [2.75, 3.05) is 6.61 Å². The summed E-state index contributed by atoms with van der Waals surface area (Å²) in [5, 5.41) is 4.80. The zero-order valence-corrected chi connectivity index (χ0v) is 12.3. The van der Waals surface area contributed by atoms with E-state index in [4.69, 9.17) is 5.11 Å². The second kappa shape index (κ2) is 7.18. The van der Waals surface area contributed by atoms with Crippen molar-refractivity contribution >= 4 is 13.6 Å². The van der Waals surface area contributed by atoms with Crippen LogP contribution in [0.4, 0.5) is 26.3 Å². The van der Waals surface area contributed by atoms with Crippen molar-refractivity contribution in [1.29, 1.82) is 0 Å². The topological polar surface area (TPSA) is 83.8 Å². The van der Waals surface area contributed by atoms with Crippen LogP contribution in [0.2, 0.25) is 0 Å². The van der Waals surface area contributed by atoms with Gasteiger partial charge in [0.25, 0.3) is 0 Å². The Hall–Kier alpha value is -0.800. The van der Waals surface area contributed by atoms with E-state index in [2.05, 4.69) is 4.52 Å². The van der Waals surface area contributed by atoms with Gasteiger partial charge in [-0.3, -0.25) is 9.36 Å². The van der Waals surface area contributed by atoms with E-state index in [1.54, 1.807) is 6.92 Å². The summed E-state index contributed by atoms with van der Waals surface area (Å²) in [7, 11) is -5.75. The van der Waals surface area contributed by atoms with Gasteiger partial charge in [-0.2, -0.15) is 26.3 Å². The molecule has 132 valence electrons. The molecule has 0 spiro atoms. The van der Waals surface area contributed by atoms with E-state index < -0.39 is 50.5 Å². The molecule has 0 saturated heterocycles. The van der Waals surface area contributed by atoms with Crippen molar-refractivity contribution in [2.45, 2.75) is 50.1 Å². The second-order valence-corrected chi connectivity index (χ2v) is 6.78. The van der Waals surface area contributed by atoms with Crippen LogP contribution in [0.1, 0.15) is 32.6 Å². The van der Waals surface area contributed by atoms with Gasteiger partial charge in [-0.1, -0.05) is 13.3 Å². The van der Waals surface area contributed by atoms with Gasteiger partial charge < -0.3 is 14.5 Å². The smallest absolute Gasteiger partial charge is 0.390 e. The highest BCUT2D eigenvalue weighted by atomic mass is 31.2. The normalized spacial score (nSPS) is 16.4. The van der Waals surface area contributed by atoms with Gasteiger partial charge in [0.1, 0.15) is 0 Å². The molecular formula is C10H15F6O5P. The molecule has 0 fully saturated rings. The Morgan fingerprint density at radius 3 is 1.77 bits per heavy atom. The predicted molar refractivity (Wildman–Crippen MR) is 62.4 cm³/mol. The Morgan fingerprint density at radius 2 is 1.50 bits per heavy atom. The maximum atomic E-state index is 12.5. The molecule has 0 radical (unpaired) electrons. The summed E-state index contributed by atoms with van der Waals surface area (Å²) in [4.78, 5) is 20.5. The van der Waals surface area contributed by atoms with Gasteiger partial charge in [-0.15, -0.1) is 0 Å². The molecular weight excluding hydrogens is 345 g/mol. The third-order valence-corrected chi connectivity index (χ3v) is 4.81. The van der Waals surface area contributed by atoms with Gasteiger partial charge in [-0.05, 0) is 6.42 Å². The number of hydrogen-bond donors (Lipinski definition) is 2. The molecule has 2 N–H and O–H groups in total. The predicted octanol–water partition coefficient (Wildman–Crippen LogP) is 3.72. The van der Waals surface area contributed by atoms with Crippen LogP contribution >= 0.6 is 7.60 Å². The van der Waals surface area contributed by atoms with Crippen LogP contribution in [0.3, 0.4) is 0 Å². The van der Waals surface area contributed by atoms with E-state index in [-0.39, 0.29) is 6.42 Å². The second-order valence-electron chi connectivity index (χ2n) is 4.63. The minimum atomic E-state index is -5.75. The van der Waals surface area contributed by atoms with E-state index in [1.165, 1.54) is 0 Å². The molecule has 1 atom stereocenters. The molecule has 0 rings (SSSR count). The number of alkyl halides is 6. The van der Waals surface area contributed by atoms with Crippen LogP contribution in [0.15, 0.2) is 0 Å². The molecule has 0 amide bonds. The Bertz CT molecular complexity index is 417. The number of carbonyl (C=O) groups is 1. The molecule has 0 aromatic carbocycles. The molecule has 22 heavy (non-hydrogen) atoms. The number of rotatable bonds is 8. The van der Waals surface area contributed by atoms with Crippen molar-refractivity contribution < 1.29 is 50.2 Å². The molecule has 0 aliphatic rings.